The molecule has 1 unspecified atom stereocenters. The van der Waals surface area contributed by atoms with Crippen molar-refractivity contribution in [2.24, 2.45) is 0 Å². The molecule has 1 aromatic carbocycles. The molecule has 0 radical (unpaired) electrons. The molecule has 0 fully saturated rings. The van der Waals surface area contributed by atoms with E-state index < -0.39 is 17.7 Å². The minimum absolute atomic E-state index is 0.0673. The zero-order valence-electron chi connectivity index (χ0n) is 9.54. The van der Waals surface area contributed by atoms with Crippen LogP contribution in [-0.4, -0.2) is 15.4 Å². The number of H-pyrrole nitrogens is 1. The smallest absolute Gasteiger partial charge is 0.198 e. The van der Waals surface area contributed by atoms with E-state index in [1.807, 2.05) is 6.07 Å². The fraction of sp³-hybridized carbons (Fsp3) is 0.182. The van der Waals surface area contributed by atoms with Crippen LogP contribution < -0.4 is 0 Å². The maximum Gasteiger partial charge on any atom is 0.416 e. The van der Waals surface area contributed by atoms with E-state index in [4.69, 9.17) is 28.5 Å². The van der Waals surface area contributed by atoms with Gasteiger partial charge in [0, 0.05) is 15.6 Å². The van der Waals surface area contributed by atoms with Crippen LogP contribution in [0.25, 0.3) is 0 Å². The zero-order valence-corrected chi connectivity index (χ0v) is 11.1. The number of nitrogens with zero attached hydrogens (tertiary/aromatic N) is 3. The van der Waals surface area contributed by atoms with E-state index in [1.165, 1.54) is 6.20 Å². The fourth-order valence-corrected chi connectivity index (χ4v) is 2.36. The second-order valence-corrected chi connectivity index (χ2v) is 4.62. The number of benzene rings is 1. The Morgan fingerprint density at radius 1 is 1.25 bits per heavy atom. The normalized spacial score (nSPS) is 13.0. The van der Waals surface area contributed by atoms with E-state index in [0.29, 0.717) is 0 Å². The molecule has 0 aliphatic carbocycles. The Bertz CT molecular complexity index is 638. The summed E-state index contributed by atoms with van der Waals surface area (Å²) in [6, 6.07) is 3.35. The number of aromatic amines is 1. The summed E-state index contributed by atoms with van der Waals surface area (Å²) < 4.78 is 37.9. The third-order valence-corrected chi connectivity index (χ3v) is 3.18. The van der Waals surface area contributed by atoms with Crippen LogP contribution in [0.4, 0.5) is 13.2 Å². The molecule has 104 valence electrons. The van der Waals surface area contributed by atoms with Crippen molar-refractivity contribution >= 4 is 23.2 Å². The average molecular weight is 321 g/mol. The number of rotatable bonds is 2. The van der Waals surface area contributed by atoms with Crippen LogP contribution in [0.2, 0.25) is 10.0 Å². The number of aromatic nitrogens is 3. The van der Waals surface area contributed by atoms with Gasteiger partial charge < -0.3 is 0 Å². The van der Waals surface area contributed by atoms with Crippen molar-refractivity contribution in [3.8, 4) is 6.07 Å². The lowest BCUT2D eigenvalue weighted by Gasteiger charge is -2.14. The number of nitriles is 1. The van der Waals surface area contributed by atoms with Gasteiger partial charge in [-0.2, -0.15) is 33.8 Å². The molecule has 0 spiro atoms. The molecule has 1 atom stereocenters. The molecule has 0 bridgehead atoms. The maximum atomic E-state index is 12.6. The van der Waals surface area contributed by atoms with Crippen LogP contribution in [0.5, 0.6) is 0 Å². The Kier molecular flexibility index (Phi) is 3.88. The van der Waals surface area contributed by atoms with Crippen molar-refractivity contribution in [2.75, 3.05) is 0 Å². The highest BCUT2D eigenvalue weighted by atomic mass is 35.5. The Morgan fingerprint density at radius 3 is 2.25 bits per heavy atom. The summed E-state index contributed by atoms with van der Waals surface area (Å²) in [6.07, 6.45) is -3.29. The SMILES string of the molecule is N#CC(c1cn[nH]n1)c1c(Cl)cc(C(F)(F)F)cc1Cl. The standard InChI is InChI=1S/C11H5Cl2F3N4/c12-7-1-5(11(14,15)16)2-8(13)10(7)6(3-17)9-4-18-20-19-9/h1-2,4,6H,(H,18,19,20). The van der Waals surface area contributed by atoms with E-state index in [9.17, 15) is 13.2 Å². The number of hydrogen-bond donors (Lipinski definition) is 1. The predicted molar refractivity (Wildman–Crippen MR) is 65.3 cm³/mol. The van der Waals surface area contributed by atoms with Crippen LogP contribution in [0.1, 0.15) is 22.7 Å². The maximum absolute atomic E-state index is 12.6. The minimum Gasteiger partial charge on any atom is -0.198 e. The first-order valence-electron chi connectivity index (χ1n) is 5.16. The molecule has 2 rings (SSSR count). The summed E-state index contributed by atoms with van der Waals surface area (Å²) in [4.78, 5) is 0. The van der Waals surface area contributed by atoms with Gasteiger partial charge in [0.25, 0.3) is 0 Å². The van der Waals surface area contributed by atoms with Gasteiger partial charge in [-0.15, -0.1) is 0 Å². The first-order valence-corrected chi connectivity index (χ1v) is 5.91. The second kappa shape index (κ2) is 5.31. The Hall–Kier alpha value is -1.78. The molecule has 0 amide bonds. The van der Waals surface area contributed by atoms with E-state index in [2.05, 4.69) is 15.4 Å². The Morgan fingerprint density at radius 2 is 1.85 bits per heavy atom. The largest absolute Gasteiger partial charge is 0.416 e. The third-order valence-electron chi connectivity index (χ3n) is 2.55. The minimum atomic E-state index is -4.57. The van der Waals surface area contributed by atoms with Gasteiger partial charge in [0.05, 0.1) is 17.8 Å². The number of halogens is 5. The zero-order chi connectivity index (χ0) is 14.9. The quantitative estimate of drug-likeness (QED) is 0.915. The highest BCUT2D eigenvalue weighted by Gasteiger charge is 2.33. The molecule has 9 heteroatoms. The fourth-order valence-electron chi connectivity index (χ4n) is 1.65. The predicted octanol–water partition coefficient (Wildman–Crippen LogP) is 3.79. The first-order chi connectivity index (χ1) is 9.34. The third kappa shape index (κ3) is 2.71. The number of hydrogen-bond acceptors (Lipinski definition) is 3. The van der Waals surface area contributed by atoms with Gasteiger partial charge in [-0.25, -0.2) is 0 Å². The summed E-state index contributed by atoms with van der Waals surface area (Å²) in [6.45, 7) is 0. The summed E-state index contributed by atoms with van der Waals surface area (Å²) in [5.41, 5.74) is -0.693. The van der Waals surface area contributed by atoms with E-state index in [1.54, 1.807) is 0 Å². The van der Waals surface area contributed by atoms with Crippen molar-refractivity contribution in [3.63, 3.8) is 0 Å². The average Bonchev–Trinajstić information content (AvgIpc) is 2.85. The summed E-state index contributed by atoms with van der Waals surface area (Å²) in [7, 11) is 0. The lowest BCUT2D eigenvalue weighted by molar-refractivity contribution is -0.137. The van der Waals surface area contributed by atoms with Gasteiger partial charge in [0.2, 0.25) is 0 Å². The van der Waals surface area contributed by atoms with E-state index in [-0.39, 0.29) is 21.3 Å². The van der Waals surface area contributed by atoms with E-state index in [0.717, 1.165) is 12.1 Å². The summed E-state index contributed by atoms with van der Waals surface area (Å²) in [5, 5.41) is 18.2. The van der Waals surface area contributed by atoms with Crippen molar-refractivity contribution in [1.29, 1.82) is 5.26 Å². The highest BCUT2D eigenvalue weighted by molar-refractivity contribution is 6.36. The highest BCUT2D eigenvalue weighted by Crippen LogP contribution is 2.39. The molecule has 20 heavy (non-hydrogen) atoms. The van der Waals surface area contributed by atoms with Crippen LogP contribution >= 0.6 is 23.2 Å². The lowest BCUT2D eigenvalue weighted by Crippen LogP contribution is -2.08. The van der Waals surface area contributed by atoms with Crippen molar-refractivity contribution < 1.29 is 13.2 Å². The molecule has 1 N–H and O–H groups in total. The van der Waals surface area contributed by atoms with Gasteiger partial charge in [0.1, 0.15) is 11.6 Å². The second-order valence-electron chi connectivity index (χ2n) is 3.81. The van der Waals surface area contributed by atoms with Gasteiger partial charge >= 0.3 is 6.18 Å². The topological polar surface area (TPSA) is 65.4 Å². The summed E-state index contributed by atoms with van der Waals surface area (Å²) >= 11 is 11.7. The molecule has 2 aromatic rings. The Balaban J connectivity index is 2.56. The number of alkyl halides is 3. The molecule has 0 aliphatic heterocycles. The molecule has 4 nitrogen and oxygen atoms in total. The summed E-state index contributed by atoms with van der Waals surface area (Å²) in [5.74, 6) is -1.00. The van der Waals surface area contributed by atoms with Gasteiger partial charge in [-0.3, -0.25) is 0 Å². The van der Waals surface area contributed by atoms with Gasteiger partial charge in [-0.05, 0) is 12.1 Å². The van der Waals surface area contributed by atoms with Crippen molar-refractivity contribution in [3.05, 3.63) is 45.2 Å². The molecule has 0 saturated heterocycles. The van der Waals surface area contributed by atoms with Crippen molar-refractivity contribution in [2.45, 2.75) is 12.1 Å². The van der Waals surface area contributed by atoms with E-state index >= 15 is 0 Å². The van der Waals surface area contributed by atoms with Crippen LogP contribution in [0, 0.1) is 11.3 Å². The molecule has 1 heterocycles. The lowest BCUT2D eigenvalue weighted by atomic mass is 9.96. The monoisotopic (exact) mass is 320 g/mol. The molecular formula is C11H5Cl2F3N4. The van der Waals surface area contributed by atoms with Crippen LogP contribution in [-0.2, 0) is 6.18 Å². The molecular weight excluding hydrogens is 316 g/mol. The van der Waals surface area contributed by atoms with Crippen molar-refractivity contribution in [1.82, 2.24) is 15.4 Å². The molecule has 1 aromatic heterocycles. The first kappa shape index (κ1) is 14.6. The molecule has 0 saturated carbocycles. The van der Waals surface area contributed by atoms with Crippen LogP contribution in [0.3, 0.4) is 0 Å². The van der Waals surface area contributed by atoms with Gasteiger partial charge in [0.15, 0.2) is 0 Å². The Labute approximate surface area is 121 Å². The number of nitrogens with one attached hydrogen (secondary N) is 1. The molecule has 0 aliphatic rings. The van der Waals surface area contributed by atoms with Gasteiger partial charge in [-0.1, -0.05) is 23.2 Å². The van der Waals surface area contributed by atoms with Crippen LogP contribution in [0.15, 0.2) is 18.3 Å².